The van der Waals surface area contributed by atoms with E-state index in [0.717, 1.165) is 11.6 Å². The second-order valence-corrected chi connectivity index (χ2v) is 4.23. The Bertz CT molecular complexity index is 348. The molecule has 0 spiro atoms. The van der Waals surface area contributed by atoms with Crippen LogP contribution in [-0.2, 0) is 0 Å². The number of anilines is 1. The first-order chi connectivity index (χ1) is 7.19. The Hall–Kier alpha value is -1.32. The lowest BCUT2D eigenvalue weighted by molar-refractivity contribution is 0.394. The molecular formula is C11H17N3O. The molecule has 1 saturated carbocycles. The summed E-state index contributed by atoms with van der Waals surface area (Å²) in [6.07, 6.45) is 2.48. The summed E-state index contributed by atoms with van der Waals surface area (Å²) < 4.78 is 5.16. The Morgan fingerprint density at radius 2 is 2.13 bits per heavy atom. The van der Waals surface area contributed by atoms with Crippen LogP contribution >= 0.6 is 0 Å². The third-order valence-corrected chi connectivity index (χ3v) is 2.37. The summed E-state index contributed by atoms with van der Waals surface area (Å²) in [6.45, 7) is 4.16. The molecule has 0 aliphatic heterocycles. The Labute approximate surface area is 90.1 Å². The second-order valence-electron chi connectivity index (χ2n) is 4.23. The topological polar surface area (TPSA) is 47.0 Å². The largest absolute Gasteiger partial charge is 0.481 e. The number of nitrogens with one attached hydrogen (secondary N) is 1. The van der Waals surface area contributed by atoms with Gasteiger partial charge in [-0.15, -0.1) is 0 Å². The van der Waals surface area contributed by atoms with E-state index in [1.807, 2.05) is 6.07 Å². The van der Waals surface area contributed by atoms with Crippen molar-refractivity contribution in [2.45, 2.75) is 38.6 Å². The van der Waals surface area contributed by atoms with Crippen LogP contribution in [-0.4, -0.2) is 23.1 Å². The maximum atomic E-state index is 5.16. The zero-order valence-electron chi connectivity index (χ0n) is 9.45. The number of nitrogens with zero attached hydrogens (tertiary/aromatic N) is 2. The van der Waals surface area contributed by atoms with Crippen LogP contribution < -0.4 is 10.1 Å². The van der Waals surface area contributed by atoms with Crippen molar-refractivity contribution < 1.29 is 4.74 Å². The van der Waals surface area contributed by atoms with E-state index in [1.165, 1.54) is 12.8 Å². The normalized spacial score (nSPS) is 15.5. The highest BCUT2D eigenvalue weighted by Crippen LogP contribution is 2.26. The molecule has 0 saturated heterocycles. The smallest absolute Gasteiger partial charge is 0.218 e. The van der Waals surface area contributed by atoms with Gasteiger partial charge in [0.05, 0.1) is 7.11 Å². The van der Waals surface area contributed by atoms with Crippen LogP contribution in [0.15, 0.2) is 6.07 Å². The zero-order valence-corrected chi connectivity index (χ0v) is 9.45. The van der Waals surface area contributed by atoms with Gasteiger partial charge >= 0.3 is 0 Å². The molecular weight excluding hydrogens is 190 g/mol. The summed E-state index contributed by atoms with van der Waals surface area (Å²) in [5.41, 5.74) is 0. The molecule has 1 aliphatic rings. The third kappa shape index (κ3) is 2.58. The second kappa shape index (κ2) is 4.04. The fraction of sp³-hybridized carbons (Fsp3) is 0.636. The summed E-state index contributed by atoms with van der Waals surface area (Å²) >= 11 is 0. The number of hydrogen-bond acceptors (Lipinski definition) is 4. The first-order valence-electron chi connectivity index (χ1n) is 5.38. The molecule has 2 rings (SSSR count). The van der Waals surface area contributed by atoms with E-state index in [4.69, 9.17) is 4.74 Å². The lowest BCUT2D eigenvalue weighted by atomic mass is 10.2. The van der Waals surface area contributed by atoms with Crippen molar-refractivity contribution in [1.82, 2.24) is 9.97 Å². The summed E-state index contributed by atoms with van der Waals surface area (Å²) in [4.78, 5) is 8.76. The Balaban J connectivity index is 2.23. The van der Waals surface area contributed by atoms with E-state index in [-0.39, 0.29) is 0 Å². The number of rotatable bonds is 4. The van der Waals surface area contributed by atoms with Crippen LogP contribution in [0.4, 0.5) is 5.82 Å². The molecule has 1 aromatic heterocycles. The molecule has 1 fully saturated rings. The maximum absolute atomic E-state index is 5.16. The molecule has 4 heteroatoms. The SMILES string of the molecule is COc1cc(NC2CC2)nc(C(C)C)n1. The minimum Gasteiger partial charge on any atom is -0.481 e. The molecule has 0 unspecified atom stereocenters. The summed E-state index contributed by atoms with van der Waals surface area (Å²) in [5.74, 6) is 2.67. The van der Waals surface area contributed by atoms with Crippen LogP contribution in [0.2, 0.25) is 0 Å². The maximum Gasteiger partial charge on any atom is 0.218 e. The fourth-order valence-electron chi connectivity index (χ4n) is 1.32. The van der Waals surface area contributed by atoms with Crippen molar-refractivity contribution >= 4 is 5.82 Å². The molecule has 0 amide bonds. The number of methoxy groups -OCH3 is 1. The highest BCUT2D eigenvalue weighted by molar-refractivity contribution is 5.40. The van der Waals surface area contributed by atoms with Crippen molar-refractivity contribution in [2.24, 2.45) is 0 Å². The van der Waals surface area contributed by atoms with Gasteiger partial charge in [0.15, 0.2) is 0 Å². The van der Waals surface area contributed by atoms with E-state index in [0.29, 0.717) is 17.8 Å². The van der Waals surface area contributed by atoms with Gasteiger partial charge in [0.25, 0.3) is 0 Å². The summed E-state index contributed by atoms with van der Waals surface area (Å²) in [5, 5.41) is 3.35. The minimum atomic E-state index is 0.319. The van der Waals surface area contributed by atoms with E-state index in [2.05, 4.69) is 29.1 Å². The van der Waals surface area contributed by atoms with Crippen molar-refractivity contribution in [3.8, 4) is 5.88 Å². The van der Waals surface area contributed by atoms with Gasteiger partial charge in [0.1, 0.15) is 11.6 Å². The number of ether oxygens (including phenoxy) is 1. The molecule has 0 radical (unpaired) electrons. The molecule has 4 nitrogen and oxygen atoms in total. The first-order valence-corrected chi connectivity index (χ1v) is 5.38. The standard InChI is InChI=1S/C11H17N3O/c1-7(2)11-13-9(12-8-4-5-8)6-10(14-11)15-3/h6-8H,4-5H2,1-3H3,(H,12,13,14). The lowest BCUT2D eigenvalue weighted by Gasteiger charge is -2.10. The van der Waals surface area contributed by atoms with Crippen molar-refractivity contribution in [2.75, 3.05) is 12.4 Å². The molecule has 0 atom stereocenters. The zero-order chi connectivity index (χ0) is 10.8. The van der Waals surface area contributed by atoms with Crippen molar-refractivity contribution in [3.63, 3.8) is 0 Å². The Kier molecular flexibility index (Phi) is 2.75. The molecule has 1 heterocycles. The van der Waals surface area contributed by atoms with Crippen LogP contribution in [0.25, 0.3) is 0 Å². The van der Waals surface area contributed by atoms with E-state index in [9.17, 15) is 0 Å². The van der Waals surface area contributed by atoms with Crippen molar-refractivity contribution in [1.29, 1.82) is 0 Å². The summed E-state index contributed by atoms with van der Waals surface area (Å²) in [7, 11) is 1.63. The Morgan fingerprint density at radius 3 is 2.67 bits per heavy atom. The van der Waals surface area contributed by atoms with Gasteiger partial charge < -0.3 is 10.1 Å². The highest BCUT2D eigenvalue weighted by atomic mass is 16.5. The Morgan fingerprint density at radius 1 is 1.40 bits per heavy atom. The quantitative estimate of drug-likeness (QED) is 0.822. The third-order valence-electron chi connectivity index (χ3n) is 2.37. The average molecular weight is 207 g/mol. The van der Waals surface area contributed by atoms with E-state index >= 15 is 0 Å². The molecule has 1 N–H and O–H groups in total. The van der Waals surface area contributed by atoms with Crippen LogP contribution in [0, 0.1) is 0 Å². The highest BCUT2D eigenvalue weighted by Gasteiger charge is 2.22. The van der Waals surface area contributed by atoms with Crippen molar-refractivity contribution in [3.05, 3.63) is 11.9 Å². The predicted octanol–water partition coefficient (Wildman–Crippen LogP) is 2.18. The molecule has 0 aromatic carbocycles. The molecule has 1 aromatic rings. The van der Waals surface area contributed by atoms with Gasteiger partial charge in [-0.2, -0.15) is 4.98 Å². The molecule has 15 heavy (non-hydrogen) atoms. The molecule has 0 bridgehead atoms. The number of hydrogen-bond donors (Lipinski definition) is 1. The van der Waals surface area contributed by atoms with E-state index in [1.54, 1.807) is 7.11 Å². The van der Waals surface area contributed by atoms with Gasteiger partial charge in [0, 0.05) is 18.0 Å². The van der Waals surface area contributed by atoms with Gasteiger partial charge in [0.2, 0.25) is 5.88 Å². The monoisotopic (exact) mass is 207 g/mol. The van der Waals surface area contributed by atoms with Crippen LogP contribution in [0.3, 0.4) is 0 Å². The van der Waals surface area contributed by atoms with Crippen LogP contribution in [0.1, 0.15) is 38.4 Å². The average Bonchev–Trinajstić information content (AvgIpc) is 3.01. The van der Waals surface area contributed by atoms with Crippen LogP contribution in [0.5, 0.6) is 5.88 Å². The number of aromatic nitrogens is 2. The van der Waals surface area contributed by atoms with Gasteiger partial charge in [-0.3, -0.25) is 0 Å². The van der Waals surface area contributed by atoms with Gasteiger partial charge in [-0.1, -0.05) is 13.8 Å². The predicted molar refractivity (Wildman–Crippen MR) is 59.3 cm³/mol. The molecule has 82 valence electrons. The van der Waals surface area contributed by atoms with Gasteiger partial charge in [-0.05, 0) is 12.8 Å². The first kappa shape index (κ1) is 10.2. The fourth-order valence-corrected chi connectivity index (χ4v) is 1.32. The molecule has 1 aliphatic carbocycles. The van der Waals surface area contributed by atoms with Gasteiger partial charge in [-0.25, -0.2) is 4.98 Å². The minimum absolute atomic E-state index is 0.319. The van der Waals surface area contributed by atoms with E-state index < -0.39 is 0 Å². The summed E-state index contributed by atoms with van der Waals surface area (Å²) in [6, 6.07) is 2.45. The lowest BCUT2D eigenvalue weighted by Crippen LogP contribution is -2.07.